The molecule has 84 valence electrons. The molecule has 1 aliphatic carbocycles. The molecule has 0 bridgehead atoms. The predicted molar refractivity (Wildman–Crippen MR) is 48.3 cm³/mol. The van der Waals surface area contributed by atoms with Crippen LogP contribution in [0.5, 0.6) is 0 Å². The molecule has 6 heteroatoms. The lowest BCUT2D eigenvalue weighted by Gasteiger charge is -2.02. The standard InChI is InChI=1S/C9H12F3N3/c10-9(11,12)7-5-14-8(15-7)3-4-13-6-1-2-6/h5-6,13H,1-4H2,(H,14,15). The van der Waals surface area contributed by atoms with Gasteiger partial charge in [0.2, 0.25) is 0 Å². The lowest BCUT2D eigenvalue weighted by molar-refractivity contribution is -0.140. The summed E-state index contributed by atoms with van der Waals surface area (Å²) < 4.78 is 36.5. The number of aromatic nitrogens is 2. The first-order chi connectivity index (χ1) is 7.05. The Labute approximate surface area is 85.1 Å². The van der Waals surface area contributed by atoms with Gasteiger partial charge in [-0.05, 0) is 12.8 Å². The number of alkyl halides is 3. The maximum atomic E-state index is 12.2. The highest BCUT2D eigenvalue weighted by Crippen LogP contribution is 2.27. The molecule has 15 heavy (non-hydrogen) atoms. The van der Waals surface area contributed by atoms with Crippen LogP contribution in [0.15, 0.2) is 6.20 Å². The molecule has 0 atom stereocenters. The van der Waals surface area contributed by atoms with Crippen LogP contribution in [-0.4, -0.2) is 22.6 Å². The second kappa shape index (κ2) is 3.84. The highest BCUT2D eigenvalue weighted by atomic mass is 19.4. The van der Waals surface area contributed by atoms with Crippen molar-refractivity contribution >= 4 is 0 Å². The topological polar surface area (TPSA) is 40.7 Å². The van der Waals surface area contributed by atoms with Crippen LogP contribution in [-0.2, 0) is 12.6 Å². The Morgan fingerprint density at radius 3 is 2.73 bits per heavy atom. The van der Waals surface area contributed by atoms with Crippen LogP contribution < -0.4 is 5.32 Å². The normalized spacial score (nSPS) is 17.0. The smallest absolute Gasteiger partial charge is 0.338 e. The number of aromatic amines is 1. The molecule has 0 unspecified atom stereocenters. The van der Waals surface area contributed by atoms with Crippen LogP contribution in [0.25, 0.3) is 0 Å². The number of nitrogens with one attached hydrogen (secondary N) is 2. The largest absolute Gasteiger partial charge is 0.432 e. The third-order valence-corrected chi connectivity index (χ3v) is 2.31. The van der Waals surface area contributed by atoms with Gasteiger partial charge in [0.1, 0.15) is 11.5 Å². The van der Waals surface area contributed by atoms with Crippen LogP contribution in [0.1, 0.15) is 24.4 Å². The molecule has 0 spiro atoms. The number of hydrogen-bond donors (Lipinski definition) is 2. The lowest BCUT2D eigenvalue weighted by atomic mass is 10.4. The van der Waals surface area contributed by atoms with Gasteiger partial charge in [0.15, 0.2) is 0 Å². The zero-order valence-electron chi connectivity index (χ0n) is 8.06. The minimum atomic E-state index is -4.32. The molecule has 2 rings (SSSR count). The lowest BCUT2D eigenvalue weighted by Crippen LogP contribution is -2.19. The first kappa shape index (κ1) is 10.5. The van der Waals surface area contributed by atoms with Crippen molar-refractivity contribution in [2.45, 2.75) is 31.5 Å². The summed E-state index contributed by atoms with van der Waals surface area (Å²) in [6.07, 6.45) is -0.633. The van der Waals surface area contributed by atoms with E-state index < -0.39 is 11.9 Å². The predicted octanol–water partition coefficient (Wildman–Crippen LogP) is 1.72. The fourth-order valence-corrected chi connectivity index (χ4v) is 1.32. The Hall–Kier alpha value is -1.04. The minimum absolute atomic E-state index is 0.385. The number of halogens is 3. The third kappa shape index (κ3) is 2.95. The highest BCUT2D eigenvalue weighted by Gasteiger charge is 2.32. The average molecular weight is 219 g/mol. The van der Waals surface area contributed by atoms with Gasteiger partial charge in [0, 0.05) is 19.0 Å². The maximum absolute atomic E-state index is 12.2. The Morgan fingerprint density at radius 1 is 1.47 bits per heavy atom. The minimum Gasteiger partial charge on any atom is -0.338 e. The number of hydrogen-bond acceptors (Lipinski definition) is 2. The summed E-state index contributed by atoms with van der Waals surface area (Å²) in [4.78, 5) is 5.96. The highest BCUT2D eigenvalue weighted by molar-refractivity contribution is 5.05. The summed E-state index contributed by atoms with van der Waals surface area (Å²) >= 11 is 0. The molecular formula is C9H12F3N3. The molecule has 0 radical (unpaired) electrons. The van der Waals surface area contributed by atoms with Crippen molar-refractivity contribution in [3.8, 4) is 0 Å². The zero-order valence-corrected chi connectivity index (χ0v) is 8.06. The summed E-state index contributed by atoms with van der Waals surface area (Å²) in [6, 6.07) is 0.571. The summed E-state index contributed by atoms with van der Waals surface area (Å²) in [5.74, 6) is 0.385. The molecule has 1 saturated carbocycles. The van der Waals surface area contributed by atoms with E-state index in [4.69, 9.17) is 0 Å². The molecule has 0 amide bonds. The average Bonchev–Trinajstić information content (AvgIpc) is 2.80. The monoisotopic (exact) mass is 219 g/mol. The van der Waals surface area contributed by atoms with Gasteiger partial charge in [-0.25, -0.2) is 4.98 Å². The van der Waals surface area contributed by atoms with E-state index in [1.54, 1.807) is 0 Å². The Kier molecular flexibility index (Phi) is 2.68. The first-order valence-corrected chi connectivity index (χ1v) is 4.90. The van der Waals surface area contributed by atoms with E-state index >= 15 is 0 Å². The maximum Gasteiger partial charge on any atom is 0.432 e. The quantitative estimate of drug-likeness (QED) is 0.809. The van der Waals surface area contributed by atoms with Crippen molar-refractivity contribution in [2.75, 3.05) is 6.54 Å². The first-order valence-electron chi connectivity index (χ1n) is 4.90. The molecule has 0 aliphatic heterocycles. The fraction of sp³-hybridized carbons (Fsp3) is 0.667. The molecule has 1 aromatic rings. The van der Waals surface area contributed by atoms with Crippen molar-refractivity contribution in [3.05, 3.63) is 17.7 Å². The summed E-state index contributed by atoms with van der Waals surface area (Å²) in [6.45, 7) is 0.676. The number of rotatable bonds is 4. The molecule has 1 heterocycles. The SMILES string of the molecule is FC(F)(F)c1cnc(CCNC2CC2)[nH]1. The van der Waals surface area contributed by atoms with Gasteiger partial charge in [0.05, 0.1) is 6.20 Å². The number of nitrogens with zero attached hydrogens (tertiary/aromatic N) is 1. The summed E-state index contributed by atoms with van der Waals surface area (Å²) in [7, 11) is 0. The Bertz CT molecular complexity index is 328. The van der Waals surface area contributed by atoms with E-state index in [9.17, 15) is 13.2 Å². The zero-order chi connectivity index (χ0) is 10.9. The van der Waals surface area contributed by atoms with Crippen molar-refractivity contribution in [3.63, 3.8) is 0 Å². The van der Waals surface area contributed by atoms with E-state index in [0.29, 0.717) is 24.8 Å². The van der Waals surface area contributed by atoms with Gasteiger partial charge in [0.25, 0.3) is 0 Å². The van der Waals surface area contributed by atoms with Crippen LogP contribution in [0, 0.1) is 0 Å². The van der Waals surface area contributed by atoms with Crippen molar-refractivity contribution in [1.82, 2.24) is 15.3 Å². The van der Waals surface area contributed by atoms with Gasteiger partial charge < -0.3 is 10.3 Å². The van der Waals surface area contributed by atoms with E-state index in [1.165, 1.54) is 12.8 Å². The van der Waals surface area contributed by atoms with Gasteiger partial charge in [-0.3, -0.25) is 0 Å². The van der Waals surface area contributed by atoms with E-state index in [1.807, 2.05) is 0 Å². The molecule has 3 nitrogen and oxygen atoms in total. The summed E-state index contributed by atoms with van der Waals surface area (Å²) in [5, 5.41) is 3.21. The van der Waals surface area contributed by atoms with E-state index in [2.05, 4.69) is 15.3 Å². The number of imidazole rings is 1. The van der Waals surface area contributed by atoms with Crippen molar-refractivity contribution in [1.29, 1.82) is 0 Å². The van der Waals surface area contributed by atoms with Crippen molar-refractivity contribution < 1.29 is 13.2 Å². The molecule has 1 fully saturated rings. The molecule has 0 saturated heterocycles. The Morgan fingerprint density at radius 2 is 2.20 bits per heavy atom. The van der Waals surface area contributed by atoms with Gasteiger partial charge >= 0.3 is 6.18 Å². The van der Waals surface area contributed by atoms with Crippen LogP contribution in [0.3, 0.4) is 0 Å². The third-order valence-electron chi connectivity index (χ3n) is 2.31. The molecule has 1 aromatic heterocycles. The van der Waals surface area contributed by atoms with E-state index in [-0.39, 0.29) is 0 Å². The fourth-order valence-electron chi connectivity index (χ4n) is 1.32. The summed E-state index contributed by atoms with van der Waals surface area (Å²) in [5.41, 5.74) is -0.774. The van der Waals surface area contributed by atoms with Gasteiger partial charge in [-0.2, -0.15) is 13.2 Å². The van der Waals surface area contributed by atoms with Crippen LogP contribution in [0.4, 0.5) is 13.2 Å². The van der Waals surface area contributed by atoms with Crippen molar-refractivity contribution in [2.24, 2.45) is 0 Å². The second-order valence-corrected chi connectivity index (χ2v) is 3.72. The molecule has 2 N–H and O–H groups in total. The molecular weight excluding hydrogens is 207 g/mol. The molecule has 1 aliphatic rings. The van der Waals surface area contributed by atoms with E-state index in [0.717, 1.165) is 6.20 Å². The van der Waals surface area contributed by atoms with Gasteiger partial charge in [-0.15, -0.1) is 0 Å². The molecule has 0 aromatic carbocycles. The number of H-pyrrole nitrogens is 1. The Balaban J connectivity index is 1.83. The second-order valence-electron chi connectivity index (χ2n) is 3.72. The van der Waals surface area contributed by atoms with Crippen LogP contribution >= 0.6 is 0 Å². The van der Waals surface area contributed by atoms with Crippen LogP contribution in [0.2, 0.25) is 0 Å². The van der Waals surface area contributed by atoms with Gasteiger partial charge in [-0.1, -0.05) is 0 Å².